The second-order valence-electron chi connectivity index (χ2n) is 7.31. The van der Waals surface area contributed by atoms with Gasteiger partial charge in [0.05, 0.1) is 5.75 Å². The third kappa shape index (κ3) is 4.40. The fourth-order valence-corrected chi connectivity index (χ4v) is 4.57. The Kier molecular flexibility index (Phi) is 6.16. The number of nitrogens with one attached hydrogen (secondary N) is 1. The maximum Gasteiger partial charge on any atom is 0.234 e. The number of fused-ring (bicyclic) bond motifs is 1. The molecule has 1 N–H and O–H groups in total. The van der Waals surface area contributed by atoms with Gasteiger partial charge in [-0.15, -0.1) is 11.8 Å². The lowest BCUT2D eigenvalue weighted by Gasteiger charge is -2.10. The Bertz CT molecular complexity index is 1210. The average Bonchev–Trinajstić information content (AvgIpc) is 3.09. The van der Waals surface area contributed by atoms with Crippen LogP contribution in [0.4, 0.5) is 5.69 Å². The number of nitrogens with zero attached hydrogens (tertiary/aromatic N) is 1. The molecule has 3 aromatic carbocycles. The standard InChI is InChI=1S/C25H23ClN2OS/c1-17-8-7-12-22(18(17)2)27-25(29)16-30-24-15-28(23-13-6-4-10-20(23)24)14-19-9-3-5-11-21(19)26/h3-13,15H,14,16H2,1-2H3,(H,27,29). The zero-order valence-corrected chi connectivity index (χ0v) is 18.6. The maximum atomic E-state index is 12.6. The highest BCUT2D eigenvalue weighted by Crippen LogP contribution is 2.31. The minimum atomic E-state index is -0.00312. The van der Waals surface area contributed by atoms with Crippen molar-refractivity contribution in [2.24, 2.45) is 0 Å². The molecule has 1 amide bonds. The summed E-state index contributed by atoms with van der Waals surface area (Å²) in [4.78, 5) is 13.7. The summed E-state index contributed by atoms with van der Waals surface area (Å²) in [6.07, 6.45) is 2.11. The molecule has 0 aliphatic rings. The first-order chi connectivity index (χ1) is 14.5. The highest BCUT2D eigenvalue weighted by Gasteiger charge is 2.13. The first-order valence-corrected chi connectivity index (χ1v) is 11.2. The van der Waals surface area contributed by atoms with Gasteiger partial charge in [0.2, 0.25) is 5.91 Å². The molecule has 30 heavy (non-hydrogen) atoms. The molecule has 4 aromatic rings. The molecule has 0 radical (unpaired) electrons. The smallest absolute Gasteiger partial charge is 0.234 e. The van der Waals surface area contributed by atoms with E-state index in [9.17, 15) is 4.79 Å². The monoisotopic (exact) mass is 434 g/mol. The highest BCUT2D eigenvalue weighted by atomic mass is 35.5. The molecule has 0 saturated heterocycles. The zero-order chi connectivity index (χ0) is 21.1. The lowest BCUT2D eigenvalue weighted by molar-refractivity contribution is -0.113. The number of amides is 1. The Morgan fingerprint density at radius 3 is 2.60 bits per heavy atom. The van der Waals surface area contributed by atoms with E-state index in [1.807, 2.05) is 68.4 Å². The number of carbonyl (C=O) groups is 1. The van der Waals surface area contributed by atoms with Gasteiger partial charge in [0.1, 0.15) is 0 Å². The number of aryl methyl sites for hydroxylation is 1. The molecule has 4 rings (SSSR count). The quantitative estimate of drug-likeness (QED) is 0.343. The van der Waals surface area contributed by atoms with Crippen molar-refractivity contribution in [3.8, 4) is 0 Å². The third-order valence-corrected chi connectivity index (χ3v) is 6.70. The lowest BCUT2D eigenvalue weighted by atomic mass is 10.1. The molecule has 1 heterocycles. The maximum absolute atomic E-state index is 12.6. The van der Waals surface area contributed by atoms with E-state index in [0.29, 0.717) is 12.3 Å². The summed E-state index contributed by atoms with van der Waals surface area (Å²) < 4.78 is 2.20. The number of rotatable bonds is 6. The van der Waals surface area contributed by atoms with Crippen LogP contribution >= 0.6 is 23.4 Å². The molecular weight excluding hydrogens is 412 g/mol. The van der Waals surface area contributed by atoms with E-state index in [4.69, 9.17) is 11.6 Å². The molecule has 0 aliphatic carbocycles. The van der Waals surface area contributed by atoms with E-state index in [0.717, 1.165) is 37.6 Å². The van der Waals surface area contributed by atoms with Gasteiger partial charge in [0.15, 0.2) is 0 Å². The van der Waals surface area contributed by atoms with Crippen molar-refractivity contribution in [3.63, 3.8) is 0 Å². The molecule has 3 nitrogen and oxygen atoms in total. The number of hydrogen-bond acceptors (Lipinski definition) is 2. The van der Waals surface area contributed by atoms with E-state index >= 15 is 0 Å². The summed E-state index contributed by atoms with van der Waals surface area (Å²) in [6.45, 7) is 4.77. The number of anilines is 1. The van der Waals surface area contributed by atoms with Crippen LogP contribution in [0.3, 0.4) is 0 Å². The third-order valence-electron chi connectivity index (χ3n) is 5.29. The van der Waals surface area contributed by atoms with Crippen LogP contribution in [0.15, 0.2) is 77.8 Å². The summed E-state index contributed by atoms with van der Waals surface area (Å²) in [7, 11) is 0. The molecule has 0 unspecified atom stereocenters. The summed E-state index contributed by atoms with van der Waals surface area (Å²) in [5, 5.41) is 4.95. The van der Waals surface area contributed by atoms with Gasteiger partial charge in [-0.1, -0.05) is 60.1 Å². The van der Waals surface area contributed by atoms with Gasteiger partial charge in [-0.3, -0.25) is 4.79 Å². The topological polar surface area (TPSA) is 34.0 Å². The normalized spacial score (nSPS) is 11.0. The zero-order valence-electron chi connectivity index (χ0n) is 17.0. The highest BCUT2D eigenvalue weighted by molar-refractivity contribution is 8.00. The van der Waals surface area contributed by atoms with Crippen LogP contribution in [0.1, 0.15) is 16.7 Å². The Morgan fingerprint density at radius 2 is 1.77 bits per heavy atom. The number of carbonyl (C=O) groups excluding carboxylic acids is 1. The van der Waals surface area contributed by atoms with Gasteiger partial charge < -0.3 is 9.88 Å². The summed E-state index contributed by atoms with van der Waals surface area (Å²) >= 11 is 7.92. The Morgan fingerprint density at radius 1 is 1.00 bits per heavy atom. The van der Waals surface area contributed by atoms with Crippen molar-refractivity contribution in [2.45, 2.75) is 25.3 Å². The summed E-state index contributed by atoms with van der Waals surface area (Å²) in [6, 6.07) is 22.1. The van der Waals surface area contributed by atoms with Crippen LogP contribution in [-0.2, 0) is 11.3 Å². The van der Waals surface area contributed by atoms with Crippen LogP contribution in [0.5, 0.6) is 0 Å². The molecule has 0 fully saturated rings. The van der Waals surface area contributed by atoms with E-state index in [-0.39, 0.29) is 5.91 Å². The predicted molar refractivity (Wildman–Crippen MR) is 128 cm³/mol. The Labute approximate surface area is 186 Å². The van der Waals surface area contributed by atoms with Gasteiger partial charge in [-0.05, 0) is 48.7 Å². The van der Waals surface area contributed by atoms with Gasteiger partial charge >= 0.3 is 0 Å². The van der Waals surface area contributed by atoms with Crippen molar-refractivity contribution in [2.75, 3.05) is 11.1 Å². The van der Waals surface area contributed by atoms with Crippen LogP contribution in [-0.4, -0.2) is 16.2 Å². The molecule has 0 spiro atoms. The SMILES string of the molecule is Cc1cccc(NC(=O)CSc2cn(Cc3ccccc3Cl)c3ccccc23)c1C. The van der Waals surface area contributed by atoms with E-state index in [1.54, 1.807) is 11.8 Å². The summed E-state index contributed by atoms with van der Waals surface area (Å²) in [5.41, 5.74) is 5.36. The molecule has 5 heteroatoms. The number of thioether (sulfide) groups is 1. The van der Waals surface area contributed by atoms with Crippen molar-refractivity contribution in [1.29, 1.82) is 0 Å². The number of aromatic nitrogens is 1. The molecule has 0 saturated carbocycles. The largest absolute Gasteiger partial charge is 0.342 e. The van der Waals surface area contributed by atoms with Crippen molar-refractivity contribution < 1.29 is 4.79 Å². The van der Waals surface area contributed by atoms with Crippen LogP contribution in [0, 0.1) is 13.8 Å². The predicted octanol–water partition coefficient (Wildman–Crippen LogP) is 6.69. The van der Waals surface area contributed by atoms with E-state index < -0.39 is 0 Å². The van der Waals surface area contributed by atoms with Crippen LogP contribution in [0.2, 0.25) is 5.02 Å². The molecule has 1 aromatic heterocycles. The van der Waals surface area contributed by atoms with Crippen molar-refractivity contribution >= 4 is 45.9 Å². The minimum Gasteiger partial charge on any atom is -0.342 e. The van der Waals surface area contributed by atoms with Gasteiger partial charge in [0, 0.05) is 39.3 Å². The molecule has 0 bridgehead atoms. The summed E-state index contributed by atoms with van der Waals surface area (Å²) in [5.74, 6) is 0.352. The number of hydrogen-bond donors (Lipinski definition) is 1. The van der Waals surface area contributed by atoms with Crippen LogP contribution < -0.4 is 5.32 Å². The first kappa shape index (κ1) is 20.6. The number of para-hydroxylation sites is 1. The van der Waals surface area contributed by atoms with E-state index in [1.165, 1.54) is 5.56 Å². The number of halogens is 1. The van der Waals surface area contributed by atoms with Gasteiger partial charge in [-0.25, -0.2) is 0 Å². The van der Waals surface area contributed by atoms with Crippen LogP contribution in [0.25, 0.3) is 10.9 Å². The van der Waals surface area contributed by atoms with Gasteiger partial charge in [-0.2, -0.15) is 0 Å². The molecular formula is C25H23ClN2OS. The Hall–Kier alpha value is -2.69. The first-order valence-electron chi connectivity index (χ1n) is 9.83. The van der Waals surface area contributed by atoms with Crippen molar-refractivity contribution in [3.05, 3.63) is 94.6 Å². The average molecular weight is 435 g/mol. The fourth-order valence-electron chi connectivity index (χ4n) is 3.49. The molecule has 0 atom stereocenters. The second kappa shape index (κ2) is 8.99. The molecule has 152 valence electrons. The van der Waals surface area contributed by atoms with Crippen molar-refractivity contribution in [1.82, 2.24) is 4.57 Å². The number of benzene rings is 3. The fraction of sp³-hybridized carbons (Fsp3) is 0.160. The lowest BCUT2D eigenvalue weighted by Crippen LogP contribution is -2.15. The molecule has 0 aliphatic heterocycles. The van der Waals surface area contributed by atoms with Gasteiger partial charge in [0.25, 0.3) is 0 Å². The van der Waals surface area contributed by atoms with E-state index in [2.05, 4.69) is 28.2 Å². The second-order valence-corrected chi connectivity index (χ2v) is 8.74. The Balaban J connectivity index is 1.52. The minimum absolute atomic E-state index is 0.00312.